The van der Waals surface area contributed by atoms with E-state index in [0.29, 0.717) is 23.6 Å². The van der Waals surface area contributed by atoms with E-state index in [1.165, 1.54) is 0 Å². The molecular formula is C19H27N5O2. The Balaban J connectivity index is 1.32. The van der Waals surface area contributed by atoms with Crippen LogP contribution in [0.2, 0.25) is 0 Å². The van der Waals surface area contributed by atoms with Gasteiger partial charge >= 0.3 is 0 Å². The number of aromatic nitrogens is 2. The average Bonchev–Trinajstić information content (AvgIpc) is 3.00. The topological polar surface area (TPSA) is 93.4 Å². The van der Waals surface area contributed by atoms with Crippen LogP contribution < -0.4 is 16.0 Å². The molecule has 0 aromatic carbocycles. The molecule has 4 aliphatic rings. The highest BCUT2D eigenvalue weighted by molar-refractivity contribution is 5.84. The number of nitrogens with two attached hydrogens (primary N) is 1. The predicted molar refractivity (Wildman–Crippen MR) is 97.6 cm³/mol. The number of hydrogen-bond donors (Lipinski definition) is 2. The summed E-state index contributed by atoms with van der Waals surface area (Å²) in [6.45, 7) is 6.38. The van der Waals surface area contributed by atoms with E-state index in [0.717, 1.165) is 50.9 Å². The number of fused-ring (bicyclic) bond motifs is 1. The molecule has 3 N–H and O–H groups in total. The van der Waals surface area contributed by atoms with Crippen molar-refractivity contribution in [1.82, 2.24) is 15.3 Å². The summed E-state index contributed by atoms with van der Waals surface area (Å²) in [4.78, 5) is 23.5. The van der Waals surface area contributed by atoms with Gasteiger partial charge in [0.25, 0.3) is 0 Å². The molecule has 5 rings (SSSR count). The third-order valence-corrected chi connectivity index (χ3v) is 7.11. The smallest absolute Gasteiger partial charge is 0.227 e. The van der Waals surface area contributed by atoms with Crippen molar-refractivity contribution in [3.8, 4) is 0 Å². The molecule has 3 aliphatic heterocycles. The van der Waals surface area contributed by atoms with Crippen molar-refractivity contribution in [3.63, 3.8) is 0 Å². The van der Waals surface area contributed by atoms with Crippen LogP contribution >= 0.6 is 0 Å². The summed E-state index contributed by atoms with van der Waals surface area (Å²) in [5, 5.41) is 3.20. The molecule has 3 saturated heterocycles. The molecule has 1 amide bonds. The van der Waals surface area contributed by atoms with Crippen molar-refractivity contribution in [1.29, 1.82) is 0 Å². The standard InChI is InChI=1S/C19H27N5O2/c1-11-7-22-17(23-15(11)20)24-9-13-12(8-21-16(25)18(2)5-6-18)14-3-4-19(13,10-24)26-14/h7,12-14H,3-6,8-10H2,1-2H3,(H,21,25)(H2,20,22,23)/t12-,13+,14+,19+/m0/s1. The van der Waals surface area contributed by atoms with Gasteiger partial charge in [0, 0.05) is 42.1 Å². The van der Waals surface area contributed by atoms with Crippen molar-refractivity contribution < 1.29 is 9.53 Å². The number of aryl methyl sites for hydroxylation is 1. The molecule has 0 unspecified atom stereocenters. The molecule has 1 aromatic heterocycles. The van der Waals surface area contributed by atoms with E-state index in [-0.39, 0.29) is 23.0 Å². The second kappa shape index (κ2) is 5.31. The van der Waals surface area contributed by atoms with Crippen molar-refractivity contribution in [2.45, 2.75) is 51.2 Å². The largest absolute Gasteiger partial charge is 0.383 e. The van der Waals surface area contributed by atoms with Crippen LogP contribution in [0, 0.1) is 24.2 Å². The molecule has 4 fully saturated rings. The van der Waals surface area contributed by atoms with Gasteiger partial charge in [-0.1, -0.05) is 6.92 Å². The van der Waals surface area contributed by atoms with Crippen molar-refractivity contribution >= 4 is 17.7 Å². The SMILES string of the molecule is Cc1cnc(N2C[C@@H]3[C@H](CNC(=O)C4(C)CC4)[C@H]4CC[C@]3(C2)O4)nc1N. The molecule has 4 heterocycles. The third kappa shape index (κ3) is 2.32. The number of nitrogens with zero attached hydrogens (tertiary/aromatic N) is 3. The van der Waals surface area contributed by atoms with Gasteiger partial charge in [-0.05, 0) is 32.6 Å². The second-order valence-corrected chi connectivity index (χ2v) is 8.92. The number of rotatable bonds is 4. The van der Waals surface area contributed by atoms with E-state index in [1.807, 2.05) is 6.92 Å². The molecule has 4 atom stereocenters. The van der Waals surface area contributed by atoms with Gasteiger partial charge in [-0.3, -0.25) is 4.79 Å². The zero-order valence-corrected chi connectivity index (χ0v) is 15.5. The fraction of sp³-hybridized carbons (Fsp3) is 0.737. The van der Waals surface area contributed by atoms with Crippen molar-refractivity contribution in [3.05, 3.63) is 11.8 Å². The molecule has 26 heavy (non-hydrogen) atoms. The molecule has 0 radical (unpaired) electrons. The number of anilines is 2. The Morgan fingerprint density at radius 3 is 3.00 bits per heavy atom. The van der Waals surface area contributed by atoms with E-state index in [1.54, 1.807) is 6.20 Å². The number of nitrogen functional groups attached to an aromatic ring is 1. The number of amides is 1. The summed E-state index contributed by atoms with van der Waals surface area (Å²) < 4.78 is 6.46. The zero-order chi connectivity index (χ0) is 18.1. The number of ether oxygens (including phenoxy) is 1. The van der Waals surface area contributed by atoms with Crippen molar-refractivity contribution in [2.24, 2.45) is 17.3 Å². The maximum atomic E-state index is 12.3. The minimum absolute atomic E-state index is 0.105. The summed E-state index contributed by atoms with van der Waals surface area (Å²) in [5.74, 6) is 2.23. The fourth-order valence-electron chi connectivity index (χ4n) is 5.05. The Morgan fingerprint density at radius 1 is 1.46 bits per heavy atom. The van der Waals surface area contributed by atoms with Gasteiger partial charge in [0.1, 0.15) is 5.82 Å². The summed E-state index contributed by atoms with van der Waals surface area (Å²) in [6, 6.07) is 0. The monoisotopic (exact) mass is 357 g/mol. The molecule has 1 spiro atoms. The summed E-state index contributed by atoms with van der Waals surface area (Å²) in [5.41, 5.74) is 6.65. The highest BCUT2D eigenvalue weighted by Gasteiger charge is 2.63. The summed E-state index contributed by atoms with van der Waals surface area (Å²) >= 11 is 0. The van der Waals surface area contributed by atoms with Gasteiger partial charge < -0.3 is 20.7 Å². The Morgan fingerprint density at radius 2 is 2.27 bits per heavy atom. The quantitative estimate of drug-likeness (QED) is 0.843. The first-order valence-corrected chi connectivity index (χ1v) is 9.70. The molecular weight excluding hydrogens is 330 g/mol. The van der Waals surface area contributed by atoms with E-state index < -0.39 is 0 Å². The predicted octanol–water partition coefficient (Wildman–Crippen LogP) is 1.27. The fourth-order valence-corrected chi connectivity index (χ4v) is 5.05. The van der Waals surface area contributed by atoms with Gasteiger partial charge in [-0.2, -0.15) is 4.98 Å². The number of carbonyl (C=O) groups excluding carboxylic acids is 1. The van der Waals surface area contributed by atoms with E-state index in [2.05, 4.69) is 27.1 Å². The first kappa shape index (κ1) is 16.3. The lowest BCUT2D eigenvalue weighted by Gasteiger charge is -2.29. The van der Waals surface area contributed by atoms with Crippen LogP contribution in [-0.2, 0) is 9.53 Å². The Labute approximate surface area is 153 Å². The molecule has 7 heteroatoms. The van der Waals surface area contributed by atoms with Crippen LogP contribution in [0.5, 0.6) is 0 Å². The lowest BCUT2D eigenvalue weighted by atomic mass is 9.73. The molecule has 7 nitrogen and oxygen atoms in total. The van der Waals surface area contributed by atoms with Gasteiger partial charge in [0.15, 0.2) is 0 Å². The van der Waals surface area contributed by atoms with Crippen LogP contribution in [0.3, 0.4) is 0 Å². The van der Waals surface area contributed by atoms with Gasteiger partial charge in [-0.25, -0.2) is 4.98 Å². The van der Waals surface area contributed by atoms with Crippen LogP contribution in [0.1, 0.15) is 38.2 Å². The third-order valence-electron chi connectivity index (χ3n) is 7.11. The summed E-state index contributed by atoms with van der Waals surface area (Å²) in [6.07, 6.45) is 6.25. The zero-order valence-electron chi connectivity index (χ0n) is 15.5. The number of carbonyl (C=O) groups is 1. The van der Waals surface area contributed by atoms with Gasteiger partial charge in [0.2, 0.25) is 11.9 Å². The first-order valence-electron chi connectivity index (χ1n) is 9.70. The van der Waals surface area contributed by atoms with Crippen LogP contribution in [0.4, 0.5) is 11.8 Å². The van der Waals surface area contributed by atoms with E-state index in [4.69, 9.17) is 10.5 Å². The Kier molecular flexibility index (Phi) is 3.33. The number of hydrogen-bond acceptors (Lipinski definition) is 6. The molecule has 2 bridgehead atoms. The first-order chi connectivity index (χ1) is 12.4. The Hall–Kier alpha value is -1.89. The Bertz CT molecular complexity index is 764. The molecule has 140 valence electrons. The molecule has 1 aromatic rings. The van der Waals surface area contributed by atoms with E-state index >= 15 is 0 Å². The highest BCUT2D eigenvalue weighted by Crippen LogP contribution is 2.55. The van der Waals surface area contributed by atoms with Crippen LogP contribution in [0.25, 0.3) is 0 Å². The van der Waals surface area contributed by atoms with Crippen molar-refractivity contribution in [2.75, 3.05) is 30.3 Å². The van der Waals surface area contributed by atoms with Crippen LogP contribution in [0.15, 0.2) is 6.20 Å². The number of nitrogens with one attached hydrogen (secondary N) is 1. The molecule has 1 aliphatic carbocycles. The average molecular weight is 357 g/mol. The highest BCUT2D eigenvalue weighted by atomic mass is 16.5. The minimum Gasteiger partial charge on any atom is -0.383 e. The van der Waals surface area contributed by atoms with Gasteiger partial charge in [-0.15, -0.1) is 0 Å². The minimum atomic E-state index is -0.120. The maximum absolute atomic E-state index is 12.3. The second-order valence-electron chi connectivity index (χ2n) is 8.92. The molecule has 1 saturated carbocycles. The lowest BCUT2D eigenvalue weighted by Crippen LogP contribution is -2.43. The summed E-state index contributed by atoms with van der Waals surface area (Å²) in [7, 11) is 0. The van der Waals surface area contributed by atoms with Gasteiger partial charge in [0.05, 0.1) is 18.2 Å². The lowest BCUT2D eigenvalue weighted by molar-refractivity contribution is -0.126. The maximum Gasteiger partial charge on any atom is 0.227 e. The normalized spacial score (nSPS) is 36.2. The van der Waals surface area contributed by atoms with E-state index in [9.17, 15) is 4.79 Å². The van der Waals surface area contributed by atoms with Crippen LogP contribution in [-0.4, -0.2) is 47.2 Å².